The van der Waals surface area contributed by atoms with Gasteiger partial charge in [0.15, 0.2) is 0 Å². The van der Waals surface area contributed by atoms with Gasteiger partial charge in [0.2, 0.25) is 0 Å². The van der Waals surface area contributed by atoms with Crippen LogP contribution in [-0.4, -0.2) is 6.54 Å². The fourth-order valence-corrected chi connectivity index (χ4v) is 2.99. The fourth-order valence-electron chi connectivity index (χ4n) is 2.99. The van der Waals surface area contributed by atoms with Crippen LogP contribution in [0.4, 0.5) is 17.1 Å². The second-order valence-electron chi connectivity index (χ2n) is 6.37. The number of fused-ring (bicyclic) bond motifs is 1. The highest BCUT2D eigenvalue weighted by atomic mass is 16.2. The van der Waals surface area contributed by atoms with Crippen LogP contribution in [0.3, 0.4) is 0 Å². The Morgan fingerprint density at radius 1 is 1.27 bits per heavy atom. The van der Waals surface area contributed by atoms with Gasteiger partial charge in [0.1, 0.15) is 11.4 Å². The minimum Gasteiger partial charge on any atom is -0.394 e. The largest absolute Gasteiger partial charge is 0.394 e. The molecule has 0 bridgehead atoms. The number of nitrogens with two attached hydrogens (primary N) is 1. The van der Waals surface area contributed by atoms with Gasteiger partial charge >= 0.3 is 0 Å². The molecular weight excluding hydrogens is 278 g/mol. The van der Waals surface area contributed by atoms with Gasteiger partial charge < -0.3 is 5.73 Å². The Bertz CT molecular complexity index is 773. The second kappa shape index (κ2) is 5.48. The van der Waals surface area contributed by atoms with Gasteiger partial charge in [-0.25, -0.2) is 0 Å². The van der Waals surface area contributed by atoms with Crippen molar-refractivity contribution >= 4 is 17.1 Å². The number of benzene rings is 1. The van der Waals surface area contributed by atoms with Crippen LogP contribution in [0.25, 0.3) is 0 Å². The average Bonchev–Trinajstić information content (AvgIpc) is 2.51. The summed E-state index contributed by atoms with van der Waals surface area (Å²) in [4.78, 5) is 22.8. The van der Waals surface area contributed by atoms with E-state index in [2.05, 4.69) is 37.5 Å². The number of aryl methyl sites for hydroxylation is 1. The van der Waals surface area contributed by atoms with Crippen molar-refractivity contribution in [1.82, 2.24) is 0 Å². The van der Waals surface area contributed by atoms with Crippen LogP contribution >= 0.6 is 0 Å². The van der Waals surface area contributed by atoms with Crippen molar-refractivity contribution in [3.63, 3.8) is 0 Å². The lowest BCUT2D eigenvalue weighted by molar-refractivity contribution is 0.645. The average molecular weight is 299 g/mol. The van der Waals surface area contributed by atoms with E-state index in [9.17, 15) is 9.59 Å². The van der Waals surface area contributed by atoms with E-state index in [1.54, 1.807) is 0 Å². The maximum Gasteiger partial charge on any atom is 0.255 e. The van der Waals surface area contributed by atoms with Crippen LogP contribution in [0.15, 0.2) is 27.8 Å². The highest BCUT2D eigenvalue weighted by molar-refractivity contribution is 5.74. The van der Waals surface area contributed by atoms with E-state index in [-0.39, 0.29) is 11.4 Å². The molecular formula is C17H21N3O2. The first kappa shape index (κ1) is 14.6. The van der Waals surface area contributed by atoms with Crippen LogP contribution < -0.4 is 27.0 Å². The molecule has 0 amide bonds. The van der Waals surface area contributed by atoms with Gasteiger partial charge in [-0.05, 0) is 42.4 Å². The molecule has 0 radical (unpaired) electrons. The summed E-state index contributed by atoms with van der Waals surface area (Å²) in [5.74, 6) is 0.590. The Morgan fingerprint density at radius 3 is 2.73 bits per heavy atom. The van der Waals surface area contributed by atoms with Gasteiger partial charge in [-0.15, -0.1) is 0 Å². The third kappa shape index (κ3) is 2.47. The van der Waals surface area contributed by atoms with Crippen LogP contribution in [0, 0.1) is 5.92 Å². The summed E-state index contributed by atoms with van der Waals surface area (Å²) in [6.07, 6.45) is 3.04. The second-order valence-corrected chi connectivity index (χ2v) is 6.37. The highest BCUT2D eigenvalue weighted by Crippen LogP contribution is 2.29. The maximum absolute atomic E-state index is 11.6. The fraction of sp³-hybridized carbons (Fsp3) is 0.412. The summed E-state index contributed by atoms with van der Waals surface area (Å²) in [6.45, 7) is 5.18. The summed E-state index contributed by atoms with van der Waals surface area (Å²) in [5, 5.41) is 1.94. The van der Waals surface area contributed by atoms with E-state index in [0.29, 0.717) is 5.92 Å². The molecule has 1 aliphatic rings. The van der Waals surface area contributed by atoms with Crippen LogP contribution in [-0.2, 0) is 12.8 Å². The van der Waals surface area contributed by atoms with Gasteiger partial charge in [-0.3, -0.25) is 20.0 Å². The maximum atomic E-state index is 11.6. The number of nitrogens with one attached hydrogen (secondary N) is 1. The molecule has 0 aliphatic carbocycles. The first-order valence-electron chi connectivity index (χ1n) is 7.72. The van der Waals surface area contributed by atoms with Gasteiger partial charge in [0.05, 0.1) is 5.69 Å². The predicted octanol–water partition coefficient (Wildman–Crippen LogP) is 1.84. The number of rotatable bonds is 4. The monoisotopic (exact) mass is 299 g/mol. The molecule has 3 N–H and O–H groups in total. The Hall–Kier alpha value is -2.30. The number of hydrogen-bond donors (Lipinski definition) is 2. The molecule has 5 nitrogen and oxygen atoms in total. The lowest BCUT2D eigenvalue weighted by Crippen LogP contribution is -2.43. The first-order chi connectivity index (χ1) is 10.5. The SMILES string of the molecule is CC(C)Cc1ccc2c(c1)N(Nc1c(N)c(=O)c1=O)CCC2. The zero-order valence-electron chi connectivity index (χ0n) is 13.0. The molecule has 116 valence electrons. The van der Waals surface area contributed by atoms with Gasteiger partial charge in [-0.2, -0.15) is 0 Å². The Kier molecular flexibility index (Phi) is 3.64. The van der Waals surface area contributed by atoms with Crippen molar-refractivity contribution in [2.45, 2.75) is 33.1 Å². The van der Waals surface area contributed by atoms with Gasteiger partial charge in [0.25, 0.3) is 10.9 Å². The van der Waals surface area contributed by atoms with Crippen molar-refractivity contribution < 1.29 is 0 Å². The molecule has 0 spiro atoms. The standard InChI is InChI=1S/C17H21N3O2/c1-10(2)8-11-5-6-12-4-3-7-20(13(12)9-11)19-15-14(18)16(21)17(15)22/h5-6,9-10,19H,3-4,7-8,18H2,1-2H3. The molecule has 0 unspecified atom stereocenters. The lowest BCUT2D eigenvalue weighted by Gasteiger charge is -2.33. The molecule has 2 aromatic carbocycles. The van der Waals surface area contributed by atoms with E-state index in [1.807, 2.05) is 5.01 Å². The van der Waals surface area contributed by atoms with Crippen molar-refractivity contribution in [1.29, 1.82) is 0 Å². The molecule has 1 aliphatic heterocycles. The normalized spacial score (nSPS) is 14.4. The molecule has 0 aromatic heterocycles. The summed E-state index contributed by atoms with van der Waals surface area (Å²) in [5.41, 5.74) is 11.4. The zero-order chi connectivity index (χ0) is 15.9. The van der Waals surface area contributed by atoms with Crippen LogP contribution in [0.1, 0.15) is 31.4 Å². The van der Waals surface area contributed by atoms with E-state index in [0.717, 1.165) is 31.5 Å². The molecule has 1 heterocycles. The Morgan fingerprint density at radius 2 is 2.05 bits per heavy atom. The summed E-state index contributed by atoms with van der Waals surface area (Å²) in [7, 11) is 0. The smallest absolute Gasteiger partial charge is 0.255 e. The van der Waals surface area contributed by atoms with Crippen LogP contribution in [0.2, 0.25) is 0 Å². The minimum atomic E-state index is -0.590. The topological polar surface area (TPSA) is 75.4 Å². The van der Waals surface area contributed by atoms with E-state index in [1.165, 1.54) is 11.1 Å². The van der Waals surface area contributed by atoms with Crippen molar-refractivity contribution in [3.05, 3.63) is 49.8 Å². The van der Waals surface area contributed by atoms with Gasteiger partial charge in [-0.1, -0.05) is 26.0 Å². The molecule has 3 rings (SSSR count). The first-order valence-corrected chi connectivity index (χ1v) is 7.72. The summed E-state index contributed by atoms with van der Waals surface area (Å²) >= 11 is 0. The number of anilines is 3. The number of hydrazine groups is 1. The lowest BCUT2D eigenvalue weighted by atomic mass is 9.96. The number of nitrogen functional groups attached to an aromatic ring is 1. The molecule has 0 saturated carbocycles. The van der Waals surface area contributed by atoms with E-state index < -0.39 is 10.9 Å². The van der Waals surface area contributed by atoms with Gasteiger partial charge in [0, 0.05) is 6.54 Å². The molecule has 0 atom stereocenters. The summed E-state index contributed by atoms with van der Waals surface area (Å²) in [6, 6.07) is 6.50. The molecule has 5 heteroatoms. The molecule has 22 heavy (non-hydrogen) atoms. The highest BCUT2D eigenvalue weighted by Gasteiger charge is 2.23. The molecule has 2 aromatic rings. The quantitative estimate of drug-likeness (QED) is 0.843. The van der Waals surface area contributed by atoms with Crippen molar-refractivity contribution in [3.8, 4) is 0 Å². The Labute approximate surface area is 129 Å². The van der Waals surface area contributed by atoms with Crippen molar-refractivity contribution in [2.24, 2.45) is 5.92 Å². The molecule has 0 fully saturated rings. The van der Waals surface area contributed by atoms with E-state index in [4.69, 9.17) is 5.73 Å². The third-order valence-corrected chi connectivity index (χ3v) is 4.11. The molecule has 0 saturated heterocycles. The summed E-state index contributed by atoms with van der Waals surface area (Å²) < 4.78 is 0. The minimum absolute atomic E-state index is 0.0375. The zero-order valence-corrected chi connectivity index (χ0v) is 13.0. The van der Waals surface area contributed by atoms with Crippen molar-refractivity contribution in [2.75, 3.05) is 22.7 Å². The van der Waals surface area contributed by atoms with Crippen LogP contribution in [0.5, 0.6) is 0 Å². The number of hydrogen-bond acceptors (Lipinski definition) is 5. The predicted molar refractivity (Wildman–Crippen MR) is 90.0 cm³/mol. The Balaban J connectivity index is 1.90. The number of nitrogens with zero attached hydrogens (tertiary/aromatic N) is 1. The third-order valence-electron chi connectivity index (χ3n) is 4.11. The van der Waals surface area contributed by atoms with E-state index >= 15 is 0 Å².